The fraction of sp³-hybridized carbons (Fsp3) is 0.286. The van der Waals surface area contributed by atoms with Crippen LogP contribution in [0, 0.1) is 6.92 Å². The molecule has 118 valence electrons. The van der Waals surface area contributed by atoms with Crippen molar-refractivity contribution in [2.24, 2.45) is 0 Å². The van der Waals surface area contributed by atoms with E-state index in [0.29, 0.717) is 0 Å². The zero-order valence-electron chi connectivity index (χ0n) is 14.2. The highest BCUT2D eigenvalue weighted by Crippen LogP contribution is 2.21. The van der Waals surface area contributed by atoms with Gasteiger partial charge in [-0.15, -0.1) is 0 Å². The smallest absolute Gasteiger partial charge is 0.154 e. The molecular weight excluding hydrogens is 298 g/mol. The van der Waals surface area contributed by atoms with E-state index in [1.807, 2.05) is 11.3 Å². The molecule has 1 heterocycles. The maximum atomic E-state index is 2.41. The molecule has 2 heteroatoms. The molecule has 0 bridgehead atoms. The molecule has 0 aliphatic rings. The van der Waals surface area contributed by atoms with E-state index in [4.69, 9.17) is 0 Å². The van der Waals surface area contributed by atoms with Gasteiger partial charge in [0.25, 0.3) is 0 Å². The minimum absolute atomic E-state index is 0.976. The van der Waals surface area contributed by atoms with Crippen molar-refractivity contribution in [3.05, 3.63) is 81.3 Å². The summed E-state index contributed by atoms with van der Waals surface area (Å²) in [6, 6.07) is 17.6. The molecule has 0 spiro atoms. The molecule has 0 aliphatic carbocycles. The summed E-state index contributed by atoms with van der Waals surface area (Å²) in [5.74, 6) is 0. The lowest BCUT2D eigenvalue weighted by Crippen LogP contribution is -2.34. The van der Waals surface area contributed by atoms with E-state index >= 15 is 0 Å². The van der Waals surface area contributed by atoms with Gasteiger partial charge < -0.3 is 0 Å². The quantitative estimate of drug-likeness (QED) is 0.579. The maximum absolute atomic E-state index is 2.41. The predicted octanol–water partition coefficient (Wildman–Crippen LogP) is 5.05. The Labute approximate surface area is 143 Å². The van der Waals surface area contributed by atoms with Crippen LogP contribution in [0.5, 0.6) is 0 Å². The van der Waals surface area contributed by atoms with Crippen LogP contribution in [0.25, 0.3) is 5.69 Å². The molecule has 3 rings (SSSR count). The summed E-state index contributed by atoms with van der Waals surface area (Å²) < 4.78 is 2.41. The van der Waals surface area contributed by atoms with Gasteiger partial charge in [-0.25, -0.2) is 0 Å². The van der Waals surface area contributed by atoms with E-state index < -0.39 is 0 Å². The standard InChI is InChI=1S/C21H24NS/c1-4-19-21(5-2)23-15-22(19)20-13-16(3)11-12-18(20)14-17-9-7-6-8-10-17/h6-13,15H,4-5,14H2,1-3H3/q+1. The van der Waals surface area contributed by atoms with Gasteiger partial charge in [0.2, 0.25) is 16.9 Å². The Hall–Kier alpha value is -1.93. The molecule has 23 heavy (non-hydrogen) atoms. The van der Waals surface area contributed by atoms with Crippen molar-refractivity contribution in [3.8, 4) is 5.69 Å². The zero-order chi connectivity index (χ0) is 16.2. The number of aromatic nitrogens is 1. The normalized spacial score (nSPS) is 10.9. The lowest BCUT2D eigenvalue weighted by atomic mass is 10.0. The highest BCUT2D eigenvalue weighted by Gasteiger charge is 2.22. The molecule has 2 aromatic carbocycles. The average molecular weight is 322 g/mol. The Morgan fingerprint density at radius 1 is 0.957 bits per heavy atom. The summed E-state index contributed by atoms with van der Waals surface area (Å²) >= 11 is 1.88. The van der Waals surface area contributed by atoms with Crippen molar-refractivity contribution < 1.29 is 4.57 Å². The highest BCUT2D eigenvalue weighted by molar-refractivity contribution is 7.09. The van der Waals surface area contributed by atoms with Gasteiger partial charge in [0, 0.05) is 24.5 Å². The zero-order valence-corrected chi connectivity index (χ0v) is 15.0. The molecular formula is C21H24NS+. The second-order valence-electron chi connectivity index (χ2n) is 5.96. The van der Waals surface area contributed by atoms with E-state index in [1.54, 1.807) is 0 Å². The van der Waals surface area contributed by atoms with Crippen LogP contribution in [-0.4, -0.2) is 0 Å². The number of rotatable bonds is 5. The molecule has 0 N–H and O–H groups in total. The van der Waals surface area contributed by atoms with E-state index in [1.165, 1.54) is 32.9 Å². The van der Waals surface area contributed by atoms with Crippen LogP contribution < -0.4 is 4.57 Å². The van der Waals surface area contributed by atoms with Crippen molar-refractivity contribution >= 4 is 11.3 Å². The predicted molar refractivity (Wildman–Crippen MR) is 98.6 cm³/mol. The van der Waals surface area contributed by atoms with Gasteiger partial charge in [-0.1, -0.05) is 67.6 Å². The van der Waals surface area contributed by atoms with Crippen LogP contribution in [0.1, 0.15) is 41.1 Å². The third-order valence-electron chi connectivity index (χ3n) is 4.31. The third kappa shape index (κ3) is 3.37. The van der Waals surface area contributed by atoms with Crippen molar-refractivity contribution in [3.63, 3.8) is 0 Å². The van der Waals surface area contributed by atoms with Crippen molar-refractivity contribution in [1.29, 1.82) is 0 Å². The first-order valence-corrected chi connectivity index (χ1v) is 9.25. The van der Waals surface area contributed by atoms with E-state index in [-0.39, 0.29) is 0 Å². The SMILES string of the molecule is CCc1sc[n+](-c2cc(C)ccc2Cc2ccccc2)c1CC. The van der Waals surface area contributed by atoms with Gasteiger partial charge in [-0.2, -0.15) is 4.57 Å². The van der Waals surface area contributed by atoms with Crippen LogP contribution in [0.15, 0.2) is 54.0 Å². The van der Waals surface area contributed by atoms with Crippen LogP contribution >= 0.6 is 11.3 Å². The van der Waals surface area contributed by atoms with Gasteiger partial charge in [0.05, 0.1) is 4.88 Å². The average Bonchev–Trinajstić information content (AvgIpc) is 3.00. The topological polar surface area (TPSA) is 3.88 Å². The summed E-state index contributed by atoms with van der Waals surface area (Å²) in [7, 11) is 0. The molecule has 0 fully saturated rings. The summed E-state index contributed by atoms with van der Waals surface area (Å²) in [6.45, 7) is 6.68. The number of aryl methyl sites for hydroxylation is 2. The fourth-order valence-electron chi connectivity index (χ4n) is 3.10. The number of thiazole rings is 1. The van der Waals surface area contributed by atoms with Crippen molar-refractivity contribution in [2.45, 2.75) is 40.0 Å². The Bertz CT molecular complexity index is 787. The van der Waals surface area contributed by atoms with Gasteiger partial charge in [-0.05, 0) is 24.5 Å². The van der Waals surface area contributed by atoms with E-state index in [9.17, 15) is 0 Å². The monoisotopic (exact) mass is 322 g/mol. The van der Waals surface area contributed by atoms with Gasteiger partial charge >= 0.3 is 0 Å². The number of benzene rings is 2. The minimum Gasteiger partial charge on any atom is -0.154 e. The minimum atomic E-state index is 0.976. The van der Waals surface area contributed by atoms with Crippen molar-refractivity contribution in [2.75, 3.05) is 0 Å². The number of nitrogens with zero attached hydrogens (tertiary/aromatic N) is 1. The molecule has 0 radical (unpaired) electrons. The van der Waals surface area contributed by atoms with E-state index in [0.717, 1.165) is 19.3 Å². The van der Waals surface area contributed by atoms with Crippen LogP contribution in [0.4, 0.5) is 0 Å². The summed E-state index contributed by atoms with van der Waals surface area (Å²) in [5.41, 5.74) is 9.14. The van der Waals surface area contributed by atoms with Gasteiger partial charge in [0.15, 0.2) is 0 Å². The maximum Gasteiger partial charge on any atom is 0.231 e. The lowest BCUT2D eigenvalue weighted by Gasteiger charge is -2.07. The van der Waals surface area contributed by atoms with Crippen LogP contribution in [0.3, 0.4) is 0 Å². The lowest BCUT2D eigenvalue weighted by molar-refractivity contribution is -0.599. The second-order valence-corrected chi connectivity index (χ2v) is 6.90. The molecule has 0 unspecified atom stereocenters. The van der Waals surface area contributed by atoms with Gasteiger partial charge in [0.1, 0.15) is 0 Å². The molecule has 0 atom stereocenters. The molecule has 1 aromatic heterocycles. The first-order chi connectivity index (χ1) is 11.2. The third-order valence-corrected chi connectivity index (χ3v) is 5.43. The molecule has 0 aliphatic heterocycles. The largest absolute Gasteiger partial charge is 0.231 e. The Kier molecular flexibility index (Phi) is 4.92. The van der Waals surface area contributed by atoms with E-state index in [2.05, 4.69) is 79.4 Å². The van der Waals surface area contributed by atoms with Gasteiger partial charge in [-0.3, -0.25) is 0 Å². The van der Waals surface area contributed by atoms with Crippen LogP contribution in [0.2, 0.25) is 0 Å². The number of hydrogen-bond acceptors (Lipinski definition) is 1. The Morgan fingerprint density at radius 3 is 2.43 bits per heavy atom. The molecule has 0 saturated carbocycles. The number of hydrogen-bond donors (Lipinski definition) is 0. The highest BCUT2D eigenvalue weighted by atomic mass is 32.1. The molecule has 3 aromatic rings. The fourth-order valence-corrected chi connectivity index (χ4v) is 4.12. The first kappa shape index (κ1) is 15.9. The molecule has 0 amide bonds. The van der Waals surface area contributed by atoms with Crippen molar-refractivity contribution in [1.82, 2.24) is 0 Å². The second kappa shape index (κ2) is 7.10. The summed E-state index contributed by atoms with van der Waals surface area (Å²) in [5, 5.41) is 0. The Morgan fingerprint density at radius 2 is 1.74 bits per heavy atom. The van der Waals surface area contributed by atoms with Crippen LogP contribution in [-0.2, 0) is 19.3 Å². The summed E-state index contributed by atoms with van der Waals surface area (Å²) in [4.78, 5) is 1.50. The Balaban J connectivity index is 2.08. The first-order valence-electron chi connectivity index (χ1n) is 8.37. The molecule has 0 saturated heterocycles. The molecule has 1 nitrogen and oxygen atoms in total. The summed E-state index contributed by atoms with van der Waals surface area (Å²) in [6.07, 6.45) is 3.16.